The fourth-order valence-corrected chi connectivity index (χ4v) is 3.24. The van der Waals surface area contributed by atoms with E-state index in [0.717, 1.165) is 50.5 Å². The van der Waals surface area contributed by atoms with E-state index >= 15 is 0 Å². The summed E-state index contributed by atoms with van der Waals surface area (Å²) in [4.78, 5) is 17.2. The number of morpholine rings is 1. The number of likely N-dealkylation sites (N-methyl/N-ethyl adjacent to an activating group) is 1. The van der Waals surface area contributed by atoms with Gasteiger partial charge in [0.25, 0.3) is 0 Å². The average Bonchev–Trinajstić information content (AvgIpc) is 2.72. The van der Waals surface area contributed by atoms with Crippen molar-refractivity contribution in [3.05, 3.63) is 65.7 Å². The fraction of sp³-hybridized carbons (Fsp3) is 0.409. The van der Waals surface area contributed by atoms with Crippen molar-refractivity contribution in [1.29, 1.82) is 0 Å². The van der Waals surface area contributed by atoms with Gasteiger partial charge >= 0.3 is 0 Å². The molecule has 4 heteroatoms. The molecule has 0 N–H and O–H groups in total. The Kier molecular flexibility index (Phi) is 6.42. The fourth-order valence-electron chi connectivity index (χ4n) is 3.24. The molecule has 0 saturated carbocycles. The zero-order valence-electron chi connectivity index (χ0n) is 15.7. The Balaban J connectivity index is 1.56. The van der Waals surface area contributed by atoms with Gasteiger partial charge in [-0.05, 0) is 50.2 Å². The van der Waals surface area contributed by atoms with Gasteiger partial charge in [-0.3, -0.25) is 9.69 Å². The number of hydrogen-bond acceptors (Lipinski definition) is 4. The highest BCUT2D eigenvalue weighted by atomic mass is 16.5. The lowest BCUT2D eigenvalue weighted by molar-refractivity contribution is 0.0869. The molecule has 0 bridgehead atoms. The first-order valence-electron chi connectivity index (χ1n) is 9.36. The first kappa shape index (κ1) is 18.6. The number of ether oxygens (including phenoxy) is 1. The molecule has 138 valence electrons. The van der Waals surface area contributed by atoms with Gasteiger partial charge in [-0.1, -0.05) is 30.3 Å². The summed E-state index contributed by atoms with van der Waals surface area (Å²) >= 11 is 0. The molecule has 1 saturated heterocycles. The average molecular weight is 352 g/mol. The molecule has 1 aliphatic rings. The Morgan fingerprint density at radius 3 is 2.38 bits per heavy atom. The van der Waals surface area contributed by atoms with Crippen molar-refractivity contribution in [3.63, 3.8) is 0 Å². The van der Waals surface area contributed by atoms with Crippen LogP contribution in [0.5, 0.6) is 0 Å². The van der Waals surface area contributed by atoms with Gasteiger partial charge < -0.3 is 9.64 Å². The van der Waals surface area contributed by atoms with Crippen LogP contribution in [0, 0.1) is 0 Å². The summed E-state index contributed by atoms with van der Waals surface area (Å²) in [6.07, 6.45) is 0.949. The van der Waals surface area contributed by atoms with E-state index < -0.39 is 0 Å². The molecule has 4 nitrogen and oxygen atoms in total. The van der Waals surface area contributed by atoms with Crippen LogP contribution in [0.1, 0.15) is 22.8 Å². The molecule has 26 heavy (non-hydrogen) atoms. The summed E-state index contributed by atoms with van der Waals surface area (Å²) in [6, 6.07) is 18.3. The molecule has 2 aromatic carbocycles. The van der Waals surface area contributed by atoms with Gasteiger partial charge in [0.15, 0.2) is 5.78 Å². The number of ketones is 1. The molecular formula is C22H28N2O2. The Bertz CT molecular complexity index is 694. The molecule has 1 atom stereocenters. The first-order valence-corrected chi connectivity index (χ1v) is 9.36. The van der Waals surface area contributed by atoms with E-state index in [1.54, 1.807) is 0 Å². The van der Waals surface area contributed by atoms with Crippen molar-refractivity contribution < 1.29 is 9.53 Å². The van der Waals surface area contributed by atoms with Crippen molar-refractivity contribution in [2.45, 2.75) is 19.4 Å². The lowest BCUT2D eigenvalue weighted by atomic mass is 10.0. The Morgan fingerprint density at radius 1 is 1.08 bits per heavy atom. The topological polar surface area (TPSA) is 32.8 Å². The number of nitrogens with zero attached hydrogens (tertiary/aromatic N) is 2. The third-order valence-corrected chi connectivity index (χ3v) is 5.16. The van der Waals surface area contributed by atoms with Crippen molar-refractivity contribution in [3.8, 4) is 0 Å². The number of carbonyl (C=O) groups excluding carboxylic acids is 1. The van der Waals surface area contributed by atoms with Crippen molar-refractivity contribution in [2.75, 3.05) is 44.8 Å². The van der Waals surface area contributed by atoms with Crippen LogP contribution < -0.4 is 4.90 Å². The number of benzene rings is 2. The van der Waals surface area contributed by atoms with Crippen LogP contribution in [0.4, 0.5) is 5.69 Å². The van der Waals surface area contributed by atoms with Crippen LogP contribution in [0.3, 0.4) is 0 Å². The molecule has 1 heterocycles. The summed E-state index contributed by atoms with van der Waals surface area (Å²) < 4.78 is 5.39. The van der Waals surface area contributed by atoms with Gasteiger partial charge in [0, 0.05) is 30.9 Å². The summed E-state index contributed by atoms with van der Waals surface area (Å²) in [7, 11) is 2.02. The molecule has 1 unspecified atom stereocenters. The van der Waals surface area contributed by atoms with E-state index in [1.165, 1.54) is 5.56 Å². The maximum absolute atomic E-state index is 12.8. The smallest absolute Gasteiger partial charge is 0.179 e. The van der Waals surface area contributed by atoms with Gasteiger partial charge in [0.1, 0.15) is 0 Å². The van der Waals surface area contributed by atoms with Crippen LogP contribution in [0.25, 0.3) is 0 Å². The second-order valence-electron chi connectivity index (χ2n) is 6.90. The third-order valence-electron chi connectivity index (χ3n) is 5.16. The van der Waals surface area contributed by atoms with Gasteiger partial charge in [-0.25, -0.2) is 0 Å². The van der Waals surface area contributed by atoms with Gasteiger partial charge in [-0.15, -0.1) is 0 Å². The molecule has 0 spiro atoms. The Labute approximate surface area is 156 Å². The summed E-state index contributed by atoms with van der Waals surface area (Å²) in [5.41, 5.74) is 3.24. The van der Waals surface area contributed by atoms with Crippen LogP contribution in [0.15, 0.2) is 54.6 Å². The molecule has 0 radical (unpaired) electrons. The molecule has 1 fully saturated rings. The van der Waals surface area contributed by atoms with E-state index in [-0.39, 0.29) is 11.8 Å². The van der Waals surface area contributed by atoms with Gasteiger partial charge in [0.2, 0.25) is 0 Å². The predicted octanol–water partition coefficient (Wildman–Crippen LogP) is 3.27. The first-order chi connectivity index (χ1) is 12.6. The van der Waals surface area contributed by atoms with Crippen LogP contribution in [-0.4, -0.2) is 56.6 Å². The molecule has 0 aromatic heterocycles. The highest BCUT2D eigenvalue weighted by Gasteiger charge is 2.20. The van der Waals surface area contributed by atoms with Crippen LogP contribution in [0.2, 0.25) is 0 Å². The third kappa shape index (κ3) is 4.71. The minimum Gasteiger partial charge on any atom is -0.378 e. The van der Waals surface area contributed by atoms with Gasteiger partial charge in [-0.2, -0.15) is 0 Å². The predicted molar refractivity (Wildman–Crippen MR) is 106 cm³/mol. The zero-order chi connectivity index (χ0) is 18.4. The summed E-state index contributed by atoms with van der Waals surface area (Å²) in [5.74, 6) is 0.175. The molecule has 3 rings (SSSR count). The standard InChI is InChI=1S/C22H28N2O2/c1-18(23(2)13-12-19-6-4-3-5-7-19)22(25)20-8-10-21(11-9-20)24-14-16-26-17-15-24/h3-11,18H,12-17H2,1-2H3. The van der Waals surface area contributed by atoms with E-state index in [0.29, 0.717) is 0 Å². The summed E-state index contributed by atoms with van der Waals surface area (Å²) in [5, 5.41) is 0. The van der Waals surface area contributed by atoms with Crippen molar-refractivity contribution >= 4 is 11.5 Å². The molecule has 0 amide bonds. The molecule has 1 aliphatic heterocycles. The lowest BCUT2D eigenvalue weighted by Crippen LogP contribution is -2.37. The highest BCUT2D eigenvalue weighted by Crippen LogP contribution is 2.18. The number of anilines is 1. The van der Waals surface area contributed by atoms with Crippen molar-refractivity contribution in [2.24, 2.45) is 0 Å². The molecular weight excluding hydrogens is 324 g/mol. The Morgan fingerprint density at radius 2 is 1.73 bits per heavy atom. The molecule has 0 aliphatic carbocycles. The minimum atomic E-state index is -0.132. The second kappa shape index (κ2) is 8.97. The number of hydrogen-bond donors (Lipinski definition) is 0. The van der Waals surface area contributed by atoms with E-state index in [2.05, 4.69) is 46.2 Å². The zero-order valence-corrected chi connectivity index (χ0v) is 15.7. The number of carbonyl (C=O) groups is 1. The van der Waals surface area contributed by atoms with Gasteiger partial charge in [0.05, 0.1) is 19.3 Å². The SMILES string of the molecule is CC(C(=O)c1ccc(N2CCOCC2)cc1)N(C)CCc1ccccc1. The second-order valence-corrected chi connectivity index (χ2v) is 6.90. The number of Topliss-reactive ketones (excluding diaryl/α,β-unsaturated/α-hetero) is 1. The van der Waals surface area contributed by atoms with Crippen molar-refractivity contribution in [1.82, 2.24) is 4.90 Å². The van der Waals surface area contributed by atoms with E-state index in [9.17, 15) is 4.79 Å². The normalized spacial score (nSPS) is 15.9. The summed E-state index contributed by atoms with van der Waals surface area (Å²) in [6.45, 7) is 6.21. The van der Waals surface area contributed by atoms with E-state index in [1.807, 2.05) is 32.2 Å². The largest absolute Gasteiger partial charge is 0.378 e. The quantitative estimate of drug-likeness (QED) is 0.716. The minimum absolute atomic E-state index is 0.132. The Hall–Kier alpha value is -2.17. The highest BCUT2D eigenvalue weighted by molar-refractivity contribution is 6.00. The maximum Gasteiger partial charge on any atom is 0.179 e. The molecule has 2 aromatic rings. The van der Waals surface area contributed by atoms with Crippen LogP contribution >= 0.6 is 0 Å². The number of rotatable bonds is 7. The lowest BCUT2D eigenvalue weighted by Gasteiger charge is -2.29. The maximum atomic E-state index is 12.8. The van der Waals surface area contributed by atoms with Crippen LogP contribution in [-0.2, 0) is 11.2 Å². The monoisotopic (exact) mass is 352 g/mol. The van der Waals surface area contributed by atoms with E-state index in [4.69, 9.17) is 4.74 Å².